The van der Waals surface area contributed by atoms with Gasteiger partial charge in [-0.3, -0.25) is 4.98 Å². The van der Waals surface area contributed by atoms with Crippen LogP contribution in [0.15, 0.2) is 29.6 Å². The second kappa shape index (κ2) is 3.38. The van der Waals surface area contributed by atoms with E-state index in [2.05, 4.69) is 32.9 Å². The summed E-state index contributed by atoms with van der Waals surface area (Å²) in [6.07, 6.45) is 6.57. The summed E-state index contributed by atoms with van der Waals surface area (Å²) in [5.41, 5.74) is 1.27. The summed E-state index contributed by atoms with van der Waals surface area (Å²) in [6.45, 7) is 0. The van der Waals surface area contributed by atoms with Gasteiger partial charge in [0.25, 0.3) is 0 Å². The van der Waals surface area contributed by atoms with Crippen molar-refractivity contribution in [3.05, 3.63) is 30.1 Å². The molecule has 1 aromatic heterocycles. The molecule has 2 rings (SSSR count). The van der Waals surface area contributed by atoms with Crippen LogP contribution >= 0.6 is 22.9 Å². The van der Waals surface area contributed by atoms with Crippen molar-refractivity contribution in [1.82, 2.24) is 8.21 Å². The van der Waals surface area contributed by atoms with Crippen molar-refractivity contribution in [1.29, 1.82) is 0 Å². The molecule has 0 N–H and O–H groups in total. The number of halogens is 1. The van der Waals surface area contributed by atoms with Gasteiger partial charge in [0.05, 0.1) is 28.9 Å². The van der Waals surface area contributed by atoms with Gasteiger partial charge in [0.15, 0.2) is 0 Å². The van der Waals surface area contributed by atoms with E-state index in [9.17, 15) is 0 Å². The highest BCUT2D eigenvalue weighted by molar-refractivity contribution is 14.1. The molecule has 3 nitrogen and oxygen atoms in total. The highest BCUT2D eigenvalue weighted by Gasteiger charge is 2.19. The Bertz CT molecular complexity index is 286. The maximum absolute atomic E-state index is 4.17. The van der Waals surface area contributed by atoms with Gasteiger partial charge in [-0.15, -0.1) is 0 Å². The van der Waals surface area contributed by atoms with Crippen LogP contribution in [0.25, 0.3) is 0 Å². The number of nitrogens with zero attached hydrogens (tertiary/aromatic N) is 3. The fraction of sp³-hybridized carbons (Fsp3) is 0.250. The smallest absolute Gasteiger partial charge is 0.0879 e. The Morgan fingerprint density at radius 2 is 2.17 bits per heavy atom. The van der Waals surface area contributed by atoms with Crippen molar-refractivity contribution in [2.45, 2.75) is 12.5 Å². The third kappa shape index (κ3) is 1.43. The van der Waals surface area contributed by atoms with E-state index in [1.165, 1.54) is 5.56 Å². The van der Waals surface area contributed by atoms with Crippen molar-refractivity contribution in [2.24, 2.45) is 5.10 Å². The molecular formula is C8H8IN3. The molecule has 0 fully saturated rings. The highest BCUT2D eigenvalue weighted by Crippen LogP contribution is 2.30. The van der Waals surface area contributed by atoms with Gasteiger partial charge in [-0.1, -0.05) is 0 Å². The van der Waals surface area contributed by atoms with Gasteiger partial charge in [-0.05, 0) is 17.7 Å². The number of hydrazone groups is 1. The van der Waals surface area contributed by atoms with Crippen LogP contribution in [0.3, 0.4) is 0 Å². The second-order valence-electron chi connectivity index (χ2n) is 2.62. The number of hydrogen-bond acceptors (Lipinski definition) is 3. The first kappa shape index (κ1) is 7.97. The monoisotopic (exact) mass is 273 g/mol. The molecule has 0 spiro atoms. The average Bonchev–Trinajstić information content (AvgIpc) is 2.53. The second-order valence-corrected chi connectivity index (χ2v) is 3.61. The fourth-order valence-electron chi connectivity index (χ4n) is 1.24. The zero-order valence-electron chi connectivity index (χ0n) is 6.39. The molecule has 0 saturated heterocycles. The topological polar surface area (TPSA) is 28.5 Å². The van der Waals surface area contributed by atoms with Gasteiger partial charge in [0, 0.05) is 25.0 Å². The molecule has 1 aliphatic heterocycles. The van der Waals surface area contributed by atoms with Gasteiger partial charge < -0.3 is 0 Å². The first-order valence-corrected chi connectivity index (χ1v) is 4.72. The largest absolute Gasteiger partial charge is 0.265 e. The third-order valence-corrected chi connectivity index (χ3v) is 2.79. The summed E-state index contributed by atoms with van der Waals surface area (Å²) in [5, 5.41) is 4.17. The molecule has 0 radical (unpaired) electrons. The van der Waals surface area contributed by atoms with E-state index in [0.29, 0.717) is 6.04 Å². The van der Waals surface area contributed by atoms with Crippen LogP contribution < -0.4 is 0 Å². The van der Waals surface area contributed by atoms with Crippen LogP contribution in [0.2, 0.25) is 0 Å². The molecule has 1 unspecified atom stereocenters. The van der Waals surface area contributed by atoms with E-state index in [-0.39, 0.29) is 0 Å². The summed E-state index contributed by atoms with van der Waals surface area (Å²) >= 11 is 2.21. The molecule has 1 atom stereocenters. The Morgan fingerprint density at radius 1 is 1.42 bits per heavy atom. The summed E-state index contributed by atoms with van der Waals surface area (Å²) in [5.74, 6) is 0. The zero-order chi connectivity index (χ0) is 8.39. The highest BCUT2D eigenvalue weighted by atomic mass is 127. The standard InChI is InChI=1S/C8H8IN3/c9-12-8(3-6-11-12)7-1-4-10-5-2-7/h1-2,4-6,8H,3H2. The van der Waals surface area contributed by atoms with Crippen LogP contribution in [0.5, 0.6) is 0 Å². The van der Waals surface area contributed by atoms with Gasteiger partial charge in [0.2, 0.25) is 0 Å². The molecule has 1 aromatic rings. The van der Waals surface area contributed by atoms with Crippen LogP contribution in [0.4, 0.5) is 0 Å². The molecule has 2 heterocycles. The third-order valence-electron chi connectivity index (χ3n) is 1.87. The molecule has 0 amide bonds. The van der Waals surface area contributed by atoms with E-state index in [1.807, 2.05) is 34.0 Å². The molecule has 0 aliphatic carbocycles. The molecule has 0 bridgehead atoms. The number of pyridine rings is 1. The Hall–Kier alpha value is -0.650. The number of aromatic nitrogens is 1. The molecule has 0 saturated carbocycles. The van der Waals surface area contributed by atoms with Crippen LogP contribution in [-0.2, 0) is 0 Å². The van der Waals surface area contributed by atoms with Crippen molar-refractivity contribution >= 4 is 29.1 Å². The van der Waals surface area contributed by atoms with Gasteiger partial charge in [-0.2, -0.15) is 5.10 Å². The van der Waals surface area contributed by atoms with Crippen LogP contribution in [-0.4, -0.2) is 14.4 Å². The fourth-order valence-corrected chi connectivity index (χ4v) is 1.96. The van der Waals surface area contributed by atoms with Gasteiger partial charge in [0.1, 0.15) is 0 Å². The maximum Gasteiger partial charge on any atom is 0.0879 e. The van der Waals surface area contributed by atoms with Crippen LogP contribution in [0.1, 0.15) is 18.0 Å². The van der Waals surface area contributed by atoms with Crippen molar-refractivity contribution in [3.8, 4) is 0 Å². The summed E-state index contributed by atoms with van der Waals surface area (Å²) in [6, 6.07) is 4.46. The Kier molecular flexibility index (Phi) is 2.25. The van der Waals surface area contributed by atoms with Crippen molar-refractivity contribution < 1.29 is 0 Å². The first-order chi connectivity index (χ1) is 5.88. The molecule has 12 heavy (non-hydrogen) atoms. The van der Waals surface area contributed by atoms with E-state index >= 15 is 0 Å². The average molecular weight is 273 g/mol. The van der Waals surface area contributed by atoms with Crippen molar-refractivity contribution in [3.63, 3.8) is 0 Å². The quantitative estimate of drug-likeness (QED) is 0.579. The summed E-state index contributed by atoms with van der Waals surface area (Å²) < 4.78 is 1.95. The minimum atomic E-state index is 0.397. The van der Waals surface area contributed by atoms with E-state index in [4.69, 9.17) is 0 Å². The lowest BCUT2D eigenvalue weighted by molar-refractivity contribution is 0.456. The maximum atomic E-state index is 4.17. The predicted octanol–water partition coefficient (Wildman–Crippen LogP) is 2.16. The lowest BCUT2D eigenvalue weighted by Gasteiger charge is -2.15. The summed E-state index contributed by atoms with van der Waals surface area (Å²) in [4.78, 5) is 3.98. The first-order valence-electron chi connectivity index (χ1n) is 3.75. The molecule has 1 aliphatic rings. The van der Waals surface area contributed by atoms with E-state index in [1.54, 1.807) is 0 Å². The molecule has 4 heteroatoms. The lowest BCUT2D eigenvalue weighted by Crippen LogP contribution is -2.07. The predicted molar refractivity (Wildman–Crippen MR) is 55.9 cm³/mol. The van der Waals surface area contributed by atoms with E-state index < -0.39 is 0 Å². The normalized spacial score (nSPS) is 21.8. The Labute approximate surface area is 85.0 Å². The Balaban J connectivity index is 2.22. The van der Waals surface area contributed by atoms with Gasteiger partial charge in [-0.25, -0.2) is 3.22 Å². The van der Waals surface area contributed by atoms with Crippen LogP contribution in [0, 0.1) is 0 Å². The minimum Gasteiger partial charge on any atom is -0.265 e. The number of hydrogen-bond donors (Lipinski definition) is 0. The van der Waals surface area contributed by atoms with Gasteiger partial charge >= 0.3 is 0 Å². The minimum absolute atomic E-state index is 0.397. The Morgan fingerprint density at radius 3 is 2.75 bits per heavy atom. The number of rotatable bonds is 1. The van der Waals surface area contributed by atoms with Crippen molar-refractivity contribution in [2.75, 3.05) is 0 Å². The van der Waals surface area contributed by atoms with E-state index in [0.717, 1.165) is 6.42 Å². The SMILES string of the molecule is IN1N=CCC1c1ccncc1. The molecule has 62 valence electrons. The lowest BCUT2D eigenvalue weighted by atomic mass is 10.1. The molecule has 0 aromatic carbocycles. The molecular weight excluding hydrogens is 265 g/mol. The zero-order valence-corrected chi connectivity index (χ0v) is 8.55. The summed E-state index contributed by atoms with van der Waals surface area (Å²) in [7, 11) is 0.